The van der Waals surface area contributed by atoms with Crippen LogP contribution in [0, 0.1) is 0 Å². The standard InChI is InChI=1S/C24H24N2O6S/c1-4-26-21(27)20(33-24(26)25-18-8-6-7-17(14-18)22(28)29)13-16-9-11-19(12-10-16)32-15(3)23(30)31-5-2/h6-15H,4-5H2,1-3H3,(H,28,29)/b20-13+,25-24?/t15-/m0/s1. The van der Waals surface area contributed by atoms with E-state index in [1.54, 1.807) is 61.2 Å². The van der Waals surface area contributed by atoms with Crippen molar-refractivity contribution in [2.24, 2.45) is 4.99 Å². The summed E-state index contributed by atoms with van der Waals surface area (Å²) in [6.45, 7) is 5.92. The maximum Gasteiger partial charge on any atom is 0.347 e. The molecule has 0 saturated carbocycles. The van der Waals surface area contributed by atoms with Gasteiger partial charge in [-0.3, -0.25) is 9.69 Å². The Hall–Kier alpha value is -3.59. The van der Waals surface area contributed by atoms with E-state index in [4.69, 9.17) is 9.47 Å². The maximum atomic E-state index is 12.9. The van der Waals surface area contributed by atoms with Gasteiger partial charge in [-0.05, 0) is 74.5 Å². The molecular formula is C24H24N2O6S. The number of carboxylic acids is 1. The minimum atomic E-state index is -1.04. The van der Waals surface area contributed by atoms with E-state index in [9.17, 15) is 19.5 Å². The molecule has 0 unspecified atom stereocenters. The quantitative estimate of drug-likeness (QED) is 0.454. The van der Waals surface area contributed by atoms with Gasteiger partial charge in [0.1, 0.15) is 5.75 Å². The molecule has 1 atom stereocenters. The third kappa shape index (κ3) is 6.01. The van der Waals surface area contributed by atoms with Crippen LogP contribution in [0.2, 0.25) is 0 Å². The van der Waals surface area contributed by atoms with Gasteiger partial charge in [0.2, 0.25) is 0 Å². The zero-order valence-electron chi connectivity index (χ0n) is 18.5. The third-order valence-corrected chi connectivity index (χ3v) is 5.64. The number of amidine groups is 1. The Morgan fingerprint density at radius 2 is 1.91 bits per heavy atom. The van der Waals surface area contributed by atoms with Crippen molar-refractivity contribution in [1.29, 1.82) is 0 Å². The lowest BCUT2D eigenvalue weighted by Crippen LogP contribution is -2.28. The van der Waals surface area contributed by atoms with E-state index in [2.05, 4.69) is 4.99 Å². The largest absolute Gasteiger partial charge is 0.479 e. The van der Waals surface area contributed by atoms with E-state index in [0.29, 0.717) is 28.1 Å². The van der Waals surface area contributed by atoms with Crippen LogP contribution < -0.4 is 4.74 Å². The lowest BCUT2D eigenvalue weighted by atomic mass is 10.2. The van der Waals surface area contributed by atoms with Crippen LogP contribution in [0.25, 0.3) is 6.08 Å². The summed E-state index contributed by atoms with van der Waals surface area (Å²) in [5.74, 6) is -1.13. The topological polar surface area (TPSA) is 106 Å². The second-order valence-corrected chi connectivity index (χ2v) is 8.00. The molecule has 0 aromatic heterocycles. The third-order valence-electron chi connectivity index (χ3n) is 4.63. The van der Waals surface area contributed by atoms with Gasteiger partial charge in [-0.25, -0.2) is 14.6 Å². The number of carbonyl (C=O) groups excluding carboxylic acids is 2. The minimum Gasteiger partial charge on any atom is -0.479 e. The van der Waals surface area contributed by atoms with Crippen molar-refractivity contribution < 1.29 is 29.0 Å². The van der Waals surface area contributed by atoms with Crippen molar-refractivity contribution >= 4 is 46.5 Å². The molecular weight excluding hydrogens is 444 g/mol. The maximum absolute atomic E-state index is 12.9. The fourth-order valence-electron chi connectivity index (χ4n) is 2.99. The van der Waals surface area contributed by atoms with Gasteiger partial charge < -0.3 is 14.6 Å². The zero-order chi connectivity index (χ0) is 24.0. The molecule has 0 bridgehead atoms. The number of ether oxygens (including phenoxy) is 2. The van der Waals surface area contributed by atoms with Gasteiger partial charge in [0, 0.05) is 6.54 Å². The minimum absolute atomic E-state index is 0.129. The molecule has 1 N–H and O–H groups in total. The Morgan fingerprint density at radius 3 is 2.55 bits per heavy atom. The molecule has 172 valence electrons. The summed E-state index contributed by atoms with van der Waals surface area (Å²) in [6, 6.07) is 13.3. The van der Waals surface area contributed by atoms with Crippen molar-refractivity contribution in [3.63, 3.8) is 0 Å². The SMILES string of the molecule is CCOC(=O)[C@H](C)Oc1ccc(/C=C2/SC(=Nc3cccc(C(=O)O)c3)N(CC)C2=O)cc1. The number of aromatic carboxylic acids is 1. The summed E-state index contributed by atoms with van der Waals surface area (Å²) >= 11 is 1.23. The van der Waals surface area contributed by atoms with Crippen molar-refractivity contribution in [2.45, 2.75) is 26.9 Å². The number of benzene rings is 2. The highest BCUT2D eigenvalue weighted by molar-refractivity contribution is 8.18. The summed E-state index contributed by atoms with van der Waals surface area (Å²) in [5.41, 5.74) is 1.37. The van der Waals surface area contributed by atoms with Crippen molar-refractivity contribution in [2.75, 3.05) is 13.2 Å². The van der Waals surface area contributed by atoms with Gasteiger partial charge in [-0.2, -0.15) is 0 Å². The molecule has 1 saturated heterocycles. The zero-order valence-corrected chi connectivity index (χ0v) is 19.3. The van der Waals surface area contributed by atoms with Gasteiger partial charge in [0.05, 0.1) is 22.8 Å². The first kappa shape index (κ1) is 24.1. The van der Waals surface area contributed by atoms with E-state index in [1.807, 2.05) is 6.92 Å². The number of amides is 1. The number of hydrogen-bond donors (Lipinski definition) is 1. The summed E-state index contributed by atoms with van der Waals surface area (Å²) in [7, 11) is 0. The summed E-state index contributed by atoms with van der Waals surface area (Å²) in [5, 5.41) is 9.66. The monoisotopic (exact) mass is 468 g/mol. The van der Waals surface area contributed by atoms with E-state index in [-0.39, 0.29) is 18.1 Å². The number of nitrogens with zero attached hydrogens (tertiary/aromatic N) is 2. The number of hydrogen-bond acceptors (Lipinski definition) is 7. The van der Waals surface area contributed by atoms with Crippen LogP contribution in [-0.2, 0) is 14.3 Å². The fourth-order valence-corrected chi connectivity index (χ4v) is 4.06. The second-order valence-electron chi connectivity index (χ2n) is 6.99. The Labute approximate surface area is 195 Å². The van der Waals surface area contributed by atoms with Gasteiger partial charge in [0.15, 0.2) is 11.3 Å². The van der Waals surface area contributed by atoms with E-state index >= 15 is 0 Å². The number of carbonyl (C=O) groups is 3. The Morgan fingerprint density at radius 1 is 1.18 bits per heavy atom. The van der Waals surface area contributed by atoms with E-state index < -0.39 is 18.0 Å². The lowest BCUT2D eigenvalue weighted by Gasteiger charge is -2.13. The number of esters is 1. The molecule has 1 heterocycles. The molecule has 0 spiro atoms. The summed E-state index contributed by atoms with van der Waals surface area (Å²) in [6.07, 6.45) is 1.03. The molecule has 2 aromatic carbocycles. The summed E-state index contributed by atoms with van der Waals surface area (Å²) in [4.78, 5) is 42.3. The molecule has 0 aliphatic carbocycles. The highest BCUT2D eigenvalue weighted by atomic mass is 32.2. The Bertz CT molecular complexity index is 1110. The molecule has 3 rings (SSSR count). The van der Waals surface area contributed by atoms with Crippen LogP contribution in [0.3, 0.4) is 0 Å². The lowest BCUT2D eigenvalue weighted by molar-refractivity contribution is -0.150. The molecule has 33 heavy (non-hydrogen) atoms. The highest BCUT2D eigenvalue weighted by Crippen LogP contribution is 2.34. The van der Waals surface area contributed by atoms with Gasteiger partial charge in [0.25, 0.3) is 5.91 Å². The van der Waals surface area contributed by atoms with E-state index in [0.717, 1.165) is 5.56 Å². The van der Waals surface area contributed by atoms with Crippen molar-refractivity contribution in [1.82, 2.24) is 4.90 Å². The predicted octanol–water partition coefficient (Wildman–Crippen LogP) is 4.34. The smallest absolute Gasteiger partial charge is 0.347 e. The normalized spacial score (nSPS) is 16.8. The van der Waals surface area contributed by atoms with Gasteiger partial charge in [-0.1, -0.05) is 18.2 Å². The Balaban J connectivity index is 1.77. The predicted molar refractivity (Wildman–Crippen MR) is 127 cm³/mol. The molecule has 1 aliphatic rings. The fraction of sp³-hybridized carbons (Fsp3) is 0.250. The van der Waals surface area contributed by atoms with Crippen molar-refractivity contribution in [3.05, 3.63) is 64.6 Å². The Kier molecular flexibility index (Phi) is 7.89. The number of aliphatic imine (C=N–C) groups is 1. The van der Waals surface area contributed by atoms with Gasteiger partial charge in [-0.15, -0.1) is 0 Å². The first-order chi connectivity index (χ1) is 15.8. The van der Waals surface area contributed by atoms with Crippen LogP contribution in [0.4, 0.5) is 5.69 Å². The van der Waals surface area contributed by atoms with E-state index in [1.165, 1.54) is 23.9 Å². The number of thioether (sulfide) groups is 1. The second kappa shape index (κ2) is 10.8. The number of likely N-dealkylation sites (N-methyl/N-ethyl adjacent to an activating group) is 1. The first-order valence-electron chi connectivity index (χ1n) is 10.4. The number of carboxylic acid groups (broad SMARTS) is 1. The number of rotatable bonds is 8. The van der Waals surface area contributed by atoms with Crippen LogP contribution in [0.5, 0.6) is 5.75 Å². The average Bonchev–Trinajstić information content (AvgIpc) is 3.09. The molecule has 1 fully saturated rings. The summed E-state index contributed by atoms with van der Waals surface area (Å²) < 4.78 is 10.5. The van der Waals surface area contributed by atoms with Crippen LogP contribution in [0.1, 0.15) is 36.7 Å². The molecule has 1 amide bonds. The average molecular weight is 469 g/mol. The molecule has 1 aliphatic heterocycles. The van der Waals surface area contributed by atoms with Crippen LogP contribution in [0.15, 0.2) is 58.4 Å². The molecule has 8 nitrogen and oxygen atoms in total. The molecule has 2 aromatic rings. The molecule has 9 heteroatoms. The molecule has 0 radical (unpaired) electrons. The highest BCUT2D eigenvalue weighted by Gasteiger charge is 2.32. The van der Waals surface area contributed by atoms with Crippen molar-refractivity contribution in [3.8, 4) is 5.75 Å². The first-order valence-corrected chi connectivity index (χ1v) is 11.2. The van der Waals surface area contributed by atoms with Gasteiger partial charge >= 0.3 is 11.9 Å². The van der Waals surface area contributed by atoms with Crippen LogP contribution in [-0.4, -0.2) is 52.3 Å². The van der Waals surface area contributed by atoms with Crippen LogP contribution >= 0.6 is 11.8 Å².